The first-order chi connectivity index (χ1) is 9.60. The number of hydrogen-bond acceptors (Lipinski definition) is 5. The van der Waals surface area contributed by atoms with Crippen LogP contribution >= 0.6 is 0 Å². The van der Waals surface area contributed by atoms with Gasteiger partial charge in [0.25, 0.3) is 0 Å². The van der Waals surface area contributed by atoms with Crippen LogP contribution in [0.25, 0.3) is 0 Å². The van der Waals surface area contributed by atoms with Gasteiger partial charge in [-0.15, -0.1) is 0 Å². The molecule has 0 radical (unpaired) electrons. The zero-order valence-electron chi connectivity index (χ0n) is 11.4. The van der Waals surface area contributed by atoms with E-state index in [4.69, 9.17) is 15.2 Å². The maximum atomic E-state index is 12.0. The van der Waals surface area contributed by atoms with E-state index in [0.717, 1.165) is 5.69 Å². The number of ether oxygens (including phenoxy) is 2. The van der Waals surface area contributed by atoms with E-state index in [0.29, 0.717) is 22.7 Å². The molecule has 5 nitrogen and oxygen atoms in total. The van der Waals surface area contributed by atoms with E-state index in [1.54, 1.807) is 24.3 Å². The Morgan fingerprint density at radius 3 is 2.80 bits per heavy atom. The monoisotopic (exact) mass is 272 g/mol. The molecule has 1 heterocycles. The van der Waals surface area contributed by atoms with E-state index < -0.39 is 5.97 Å². The Morgan fingerprint density at radius 2 is 2.10 bits per heavy atom. The van der Waals surface area contributed by atoms with Gasteiger partial charge in [0.1, 0.15) is 17.9 Å². The van der Waals surface area contributed by atoms with Crippen LogP contribution in [0.5, 0.6) is 5.75 Å². The molecule has 2 rings (SSSR count). The van der Waals surface area contributed by atoms with E-state index in [1.807, 2.05) is 19.1 Å². The largest absolute Gasteiger partial charge is 0.496 e. The van der Waals surface area contributed by atoms with Gasteiger partial charge in [-0.3, -0.25) is 4.98 Å². The fraction of sp³-hybridized carbons (Fsp3) is 0.200. The van der Waals surface area contributed by atoms with Gasteiger partial charge in [0.15, 0.2) is 0 Å². The van der Waals surface area contributed by atoms with Crippen molar-refractivity contribution in [1.82, 2.24) is 4.98 Å². The summed E-state index contributed by atoms with van der Waals surface area (Å²) in [6, 6.07) is 10.4. The van der Waals surface area contributed by atoms with Gasteiger partial charge < -0.3 is 15.2 Å². The van der Waals surface area contributed by atoms with Crippen molar-refractivity contribution < 1.29 is 14.3 Å². The lowest BCUT2D eigenvalue weighted by molar-refractivity contribution is 0.0464. The molecule has 0 fully saturated rings. The average molecular weight is 272 g/mol. The van der Waals surface area contributed by atoms with Crippen LogP contribution in [0.1, 0.15) is 21.7 Å². The molecule has 0 aliphatic carbocycles. The highest BCUT2D eigenvalue weighted by atomic mass is 16.5. The average Bonchev–Trinajstić information content (AvgIpc) is 2.44. The van der Waals surface area contributed by atoms with Gasteiger partial charge in [-0.1, -0.05) is 6.07 Å². The van der Waals surface area contributed by atoms with Crippen molar-refractivity contribution in [2.24, 2.45) is 0 Å². The van der Waals surface area contributed by atoms with E-state index >= 15 is 0 Å². The predicted octanol–water partition coefficient (Wildman–Crippen LogP) is 2.34. The zero-order valence-corrected chi connectivity index (χ0v) is 11.4. The summed E-state index contributed by atoms with van der Waals surface area (Å²) in [5.41, 5.74) is 8.09. The molecule has 0 spiro atoms. The molecule has 0 saturated heterocycles. The maximum Gasteiger partial charge on any atom is 0.342 e. The number of nitrogens with zero attached hydrogens (tertiary/aromatic N) is 1. The smallest absolute Gasteiger partial charge is 0.342 e. The number of aromatic nitrogens is 1. The standard InChI is InChI=1S/C15H16N2O3/c1-10-4-3-5-12(17-10)9-20-15(18)13-7-6-11(16)8-14(13)19-2/h3-8H,9,16H2,1-2H3. The number of benzene rings is 1. The molecular weight excluding hydrogens is 256 g/mol. The van der Waals surface area contributed by atoms with Gasteiger partial charge in [0, 0.05) is 17.4 Å². The minimum atomic E-state index is -0.467. The molecule has 0 bridgehead atoms. The molecule has 2 N–H and O–H groups in total. The molecule has 0 aliphatic heterocycles. The lowest BCUT2D eigenvalue weighted by Gasteiger charge is -2.09. The number of nitrogen functional groups attached to an aromatic ring is 1. The normalized spacial score (nSPS) is 10.1. The summed E-state index contributed by atoms with van der Waals surface area (Å²) >= 11 is 0. The SMILES string of the molecule is COc1cc(N)ccc1C(=O)OCc1cccc(C)n1. The highest BCUT2D eigenvalue weighted by molar-refractivity contribution is 5.93. The molecular formula is C15H16N2O3. The number of carbonyl (C=O) groups excluding carboxylic acids is 1. The number of aryl methyl sites for hydroxylation is 1. The molecule has 0 atom stereocenters. The Kier molecular flexibility index (Phi) is 4.20. The Balaban J connectivity index is 2.09. The van der Waals surface area contributed by atoms with Crippen LogP contribution in [0.15, 0.2) is 36.4 Å². The molecule has 5 heteroatoms. The van der Waals surface area contributed by atoms with Gasteiger partial charge in [-0.25, -0.2) is 4.79 Å². The van der Waals surface area contributed by atoms with E-state index in [-0.39, 0.29) is 6.61 Å². The van der Waals surface area contributed by atoms with Crippen molar-refractivity contribution in [1.29, 1.82) is 0 Å². The van der Waals surface area contributed by atoms with Crippen LogP contribution in [0.2, 0.25) is 0 Å². The second-order valence-electron chi connectivity index (χ2n) is 4.31. The van der Waals surface area contributed by atoms with Crippen molar-refractivity contribution in [3.8, 4) is 5.75 Å². The molecule has 0 aliphatic rings. The Labute approximate surface area is 117 Å². The van der Waals surface area contributed by atoms with Gasteiger partial charge in [-0.05, 0) is 31.2 Å². The maximum absolute atomic E-state index is 12.0. The topological polar surface area (TPSA) is 74.4 Å². The first-order valence-corrected chi connectivity index (χ1v) is 6.13. The van der Waals surface area contributed by atoms with E-state index in [2.05, 4.69) is 4.98 Å². The summed E-state index contributed by atoms with van der Waals surface area (Å²) in [6.07, 6.45) is 0. The van der Waals surface area contributed by atoms with Crippen molar-refractivity contribution in [2.75, 3.05) is 12.8 Å². The van der Waals surface area contributed by atoms with Crippen LogP contribution < -0.4 is 10.5 Å². The number of nitrogens with two attached hydrogens (primary N) is 1. The van der Waals surface area contributed by atoms with Crippen LogP contribution in [-0.4, -0.2) is 18.1 Å². The molecule has 20 heavy (non-hydrogen) atoms. The number of anilines is 1. The van der Waals surface area contributed by atoms with E-state index in [1.165, 1.54) is 7.11 Å². The molecule has 1 aromatic carbocycles. The third-order valence-electron chi connectivity index (χ3n) is 2.74. The highest BCUT2D eigenvalue weighted by Crippen LogP contribution is 2.22. The van der Waals surface area contributed by atoms with Gasteiger partial charge in [0.05, 0.1) is 12.8 Å². The molecule has 104 valence electrons. The number of pyridine rings is 1. The number of rotatable bonds is 4. The first-order valence-electron chi connectivity index (χ1n) is 6.13. The third kappa shape index (κ3) is 3.26. The molecule has 1 aromatic heterocycles. The number of methoxy groups -OCH3 is 1. The second-order valence-corrected chi connectivity index (χ2v) is 4.31. The van der Waals surface area contributed by atoms with Crippen molar-refractivity contribution in [2.45, 2.75) is 13.5 Å². The summed E-state index contributed by atoms with van der Waals surface area (Å²) in [7, 11) is 1.48. The Morgan fingerprint density at radius 1 is 1.30 bits per heavy atom. The van der Waals surface area contributed by atoms with Crippen LogP contribution in [0.4, 0.5) is 5.69 Å². The summed E-state index contributed by atoms with van der Waals surface area (Å²) in [5, 5.41) is 0. The Bertz CT molecular complexity index is 626. The molecule has 0 saturated carbocycles. The first kappa shape index (κ1) is 13.9. The fourth-order valence-corrected chi connectivity index (χ4v) is 1.77. The van der Waals surface area contributed by atoms with Crippen LogP contribution in [0, 0.1) is 6.92 Å². The van der Waals surface area contributed by atoms with Crippen LogP contribution in [-0.2, 0) is 11.3 Å². The zero-order chi connectivity index (χ0) is 14.5. The lowest BCUT2D eigenvalue weighted by Crippen LogP contribution is -2.08. The number of esters is 1. The number of hydrogen-bond donors (Lipinski definition) is 1. The summed E-state index contributed by atoms with van der Waals surface area (Å²) < 4.78 is 10.4. The Hall–Kier alpha value is -2.56. The van der Waals surface area contributed by atoms with E-state index in [9.17, 15) is 4.79 Å². The summed E-state index contributed by atoms with van der Waals surface area (Å²) in [5.74, 6) is -0.0719. The van der Waals surface area contributed by atoms with Gasteiger partial charge in [-0.2, -0.15) is 0 Å². The molecule has 0 unspecified atom stereocenters. The van der Waals surface area contributed by atoms with Crippen LogP contribution in [0.3, 0.4) is 0 Å². The van der Waals surface area contributed by atoms with Gasteiger partial charge >= 0.3 is 5.97 Å². The second kappa shape index (κ2) is 6.06. The van der Waals surface area contributed by atoms with Crippen molar-refractivity contribution >= 4 is 11.7 Å². The summed E-state index contributed by atoms with van der Waals surface area (Å²) in [6.45, 7) is 2.00. The van der Waals surface area contributed by atoms with Gasteiger partial charge in [0.2, 0.25) is 0 Å². The lowest BCUT2D eigenvalue weighted by atomic mass is 10.2. The highest BCUT2D eigenvalue weighted by Gasteiger charge is 2.14. The molecule has 2 aromatic rings. The minimum absolute atomic E-state index is 0.119. The molecule has 0 amide bonds. The van der Waals surface area contributed by atoms with Crippen molar-refractivity contribution in [3.63, 3.8) is 0 Å². The quantitative estimate of drug-likeness (QED) is 0.683. The third-order valence-corrected chi connectivity index (χ3v) is 2.74. The van der Waals surface area contributed by atoms with Crippen molar-refractivity contribution in [3.05, 3.63) is 53.3 Å². The minimum Gasteiger partial charge on any atom is -0.496 e. The predicted molar refractivity (Wildman–Crippen MR) is 75.5 cm³/mol. The summed E-state index contributed by atoms with van der Waals surface area (Å²) in [4.78, 5) is 16.3. The number of carbonyl (C=O) groups is 1. The fourth-order valence-electron chi connectivity index (χ4n) is 1.77.